The molecule has 2 aromatic carbocycles. The van der Waals surface area contributed by atoms with Gasteiger partial charge in [0, 0.05) is 12.1 Å². The van der Waals surface area contributed by atoms with Crippen molar-refractivity contribution in [3.05, 3.63) is 59.9 Å². The molecule has 0 aromatic heterocycles. The van der Waals surface area contributed by atoms with E-state index in [1.165, 1.54) is 48.5 Å². The topological polar surface area (TPSA) is 92.3 Å². The van der Waals surface area contributed by atoms with E-state index in [1.807, 2.05) is 0 Å². The predicted molar refractivity (Wildman–Crippen MR) is 94.9 cm³/mol. The van der Waals surface area contributed by atoms with E-state index in [1.54, 1.807) is 6.92 Å². The second-order valence-corrected chi connectivity index (χ2v) is 9.69. The lowest BCUT2D eigenvalue weighted by Crippen LogP contribution is -2.27. The minimum Gasteiger partial charge on any atom is -0.208 e. The van der Waals surface area contributed by atoms with E-state index in [9.17, 15) is 21.2 Å². The van der Waals surface area contributed by atoms with Crippen molar-refractivity contribution in [2.24, 2.45) is 0 Å². The van der Waals surface area contributed by atoms with Crippen molar-refractivity contribution < 1.29 is 21.2 Å². The van der Waals surface area contributed by atoms with E-state index in [-0.39, 0.29) is 15.8 Å². The summed E-state index contributed by atoms with van der Waals surface area (Å²) in [5, 5.41) is 0. The number of nitrogens with one attached hydrogen (secondary N) is 2. The zero-order valence-electron chi connectivity index (χ0n) is 14.0. The van der Waals surface area contributed by atoms with E-state index < -0.39 is 31.9 Å². The van der Waals surface area contributed by atoms with Gasteiger partial charge in [-0.05, 0) is 61.7 Å². The van der Waals surface area contributed by atoms with Gasteiger partial charge in [0.15, 0.2) is 0 Å². The van der Waals surface area contributed by atoms with Crippen LogP contribution in [0.25, 0.3) is 0 Å². The summed E-state index contributed by atoms with van der Waals surface area (Å²) >= 11 is 0. The normalized spacial score (nSPS) is 16.4. The number of hydrogen-bond acceptors (Lipinski definition) is 4. The van der Waals surface area contributed by atoms with Crippen LogP contribution in [0.5, 0.6) is 0 Å². The fraction of sp³-hybridized carbons (Fsp3) is 0.294. The molecule has 1 aliphatic rings. The SMILES string of the molecule is C[C@H](NS(=O)(=O)c1ccc(S(=O)(=O)NC2CC2)cc1)c1ccc(F)cc1. The number of sulfonamides is 2. The maximum atomic E-state index is 13.0. The Kier molecular flexibility index (Phi) is 5.16. The molecular weight excluding hydrogens is 379 g/mol. The first-order valence-electron chi connectivity index (χ1n) is 8.07. The summed E-state index contributed by atoms with van der Waals surface area (Å²) in [7, 11) is -7.48. The van der Waals surface area contributed by atoms with Crippen molar-refractivity contribution in [1.82, 2.24) is 9.44 Å². The largest absolute Gasteiger partial charge is 0.241 e. The second-order valence-electron chi connectivity index (χ2n) is 6.26. The third-order valence-corrected chi connectivity index (χ3v) is 7.14. The molecule has 1 saturated carbocycles. The van der Waals surface area contributed by atoms with Crippen LogP contribution in [-0.2, 0) is 20.0 Å². The minimum atomic E-state index is -3.85. The monoisotopic (exact) mass is 398 g/mol. The van der Waals surface area contributed by atoms with Gasteiger partial charge in [-0.2, -0.15) is 0 Å². The van der Waals surface area contributed by atoms with Crippen LogP contribution in [0.3, 0.4) is 0 Å². The van der Waals surface area contributed by atoms with Gasteiger partial charge in [-0.25, -0.2) is 30.7 Å². The van der Waals surface area contributed by atoms with Crippen molar-refractivity contribution in [2.45, 2.75) is 41.6 Å². The predicted octanol–water partition coefficient (Wildman–Crippen LogP) is 2.31. The average molecular weight is 398 g/mol. The summed E-state index contributed by atoms with van der Waals surface area (Å²) < 4.78 is 67.2. The molecule has 0 radical (unpaired) electrons. The summed E-state index contributed by atoms with van der Waals surface area (Å²) in [6, 6.07) is 9.96. The van der Waals surface area contributed by atoms with E-state index in [0.29, 0.717) is 5.56 Å². The van der Waals surface area contributed by atoms with E-state index in [4.69, 9.17) is 0 Å². The summed E-state index contributed by atoms with van der Waals surface area (Å²) in [5.41, 5.74) is 0.614. The number of halogens is 1. The molecule has 26 heavy (non-hydrogen) atoms. The maximum absolute atomic E-state index is 13.0. The van der Waals surface area contributed by atoms with Crippen molar-refractivity contribution >= 4 is 20.0 Å². The fourth-order valence-electron chi connectivity index (χ4n) is 2.41. The lowest BCUT2D eigenvalue weighted by Gasteiger charge is -2.15. The molecule has 0 heterocycles. The Morgan fingerprint density at radius 2 is 1.38 bits per heavy atom. The fourth-order valence-corrected chi connectivity index (χ4v) is 4.94. The summed E-state index contributed by atoms with van der Waals surface area (Å²) in [5.74, 6) is -0.402. The first kappa shape index (κ1) is 19.0. The van der Waals surface area contributed by atoms with Gasteiger partial charge in [0.1, 0.15) is 5.82 Å². The molecule has 0 unspecified atom stereocenters. The Labute approximate surface area is 152 Å². The Morgan fingerprint density at radius 1 is 0.885 bits per heavy atom. The van der Waals surface area contributed by atoms with Crippen LogP contribution in [0.4, 0.5) is 4.39 Å². The number of hydrogen-bond donors (Lipinski definition) is 2. The van der Waals surface area contributed by atoms with Crippen LogP contribution >= 0.6 is 0 Å². The van der Waals surface area contributed by atoms with Crippen LogP contribution in [0.1, 0.15) is 31.4 Å². The van der Waals surface area contributed by atoms with Gasteiger partial charge < -0.3 is 0 Å². The lowest BCUT2D eigenvalue weighted by molar-refractivity contribution is 0.565. The van der Waals surface area contributed by atoms with Crippen molar-refractivity contribution in [2.75, 3.05) is 0 Å². The van der Waals surface area contributed by atoms with Gasteiger partial charge in [0.25, 0.3) is 0 Å². The molecule has 0 spiro atoms. The van der Waals surface area contributed by atoms with Crippen LogP contribution in [0.2, 0.25) is 0 Å². The van der Waals surface area contributed by atoms with E-state index in [2.05, 4.69) is 9.44 Å². The Bertz CT molecular complexity index is 984. The van der Waals surface area contributed by atoms with Crippen LogP contribution < -0.4 is 9.44 Å². The van der Waals surface area contributed by atoms with E-state index in [0.717, 1.165) is 12.8 Å². The molecule has 6 nitrogen and oxygen atoms in total. The molecule has 0 amide bonds. The first-order chi connectivity index (χ1) is 12.2. The second kappa shape index (κ2) is 7.07. The standard InChI is InChI=1S/C17H19FN2O4S2/c1-12(13-2-4-14(18)5-3-13)19-25(21,22)16-8-10-17(11-9-16)26(23,24)20-15-6-7-15/h2-5,8-12,15,19-20H,6-7H2,1H3/t12-/m0/s1. The van der Waals surface area contributed by atoms with Gasteiger partial charge in [0.05, 0.1) is 9.79 Å². The van der Waals surface area contributed by atoms with Gasteiger partial charge in [-0.1, -0.05) is 12.1 Å². The lowest BCUT2D eigenvalue weighted by atomic mass is 10.1. The summed E-state index contributed by atoms with van der Waals surface area (Å²) in [6.45, 7) is 1.64. The molecule has 1 aliphatic carbocycles. The van der Waals surface area contributed by atoms with Crippen LogP contribution in [0, 0.1) is 5.82 Å². The highest BCUT2D eigenvalue weighted by Crippen LogP contribution is 2.23. The van der Waals surface area contributed by atoms with Crippen molar-refractivity contribution in [3.8, 4) is 0 Å². The summed E-state index contributed by atoms with van der Waals surface area (Å²) in [4.78, 5) is -0.0215. The maximum Gasteiger partial charge on any atom is 0.241 e. The van der Waals surface area contributed by atoms with Gasteiger partial charge in [-0.15, -0.1) is 0 Å². The Morgan fingerprint density at radius 3 is 1.88 bits per heavy atom. The third-order valence-electron chi connectivity index (χ3n) is 4.05. The van der Waals surface area contributed by atoms with Gasteiger partial charge in [-0.3, -0.25) is 0 Å². The molecule has 9 heteroatoms. The summed E-state index contributed by atoms with van der Waals surface area (Å²) in [6.07, 6.45) is 1.63. The Balaban J connectivity index is 1.75. The third kappa shape index (κ3) is 4.47. The number of benzene rings is 2. The molecule has 3 rings (SSSR count). The molecule has 0 bridgehead atoms. The van der Waals surface area contributed by atoms with Crippen molar-refractivity contribution in [1.29, 1.82) is 0 Å². The zero-order chi connectivity index (χ0) is 18.9. The highest BCUT2D eigenvalue weighted by Gasteiger charge is 2.28. The molecule has 1 fully saturated rings. The number of rotatable bonds is 7. The molecular formula is C17H19FN2O4S2. The molecule has 1 atom stereocenters. The van der Waals surface area contributed by atoms with Gasteiger partial charge in [0.2, 0.25) is 20.0 Å². The highest BCUT2D eigenvalue weighted by atomic mass is 32.2. The molecule has 0 aliphatic heterocycles. The van der Waals surface area contributed by atoms with Crippen molar-refractivity contribution in [3.63, 3.8) is 0 Å². The molecule has 140 valence electrons. The van der Waals surface area contributed by atoms with E-state index >= 15 is 0 Å². The molecule has 2 N–H and O–H groups in total. The Hall–Kier alpha value is -1.81. The molecule has 2 aromatic rings. The smallest absolute Gasteiger partial charge is 0.208 e. The zero-order valence-corrected chi connectivity index (χ0v) is 15.6. The van der Waals surface area contributed by atoms with Crippen LogP contribution in [-0.4, -0.2) is 22.9 Å². The van der Waals surface area contributed by atoms with Gasteiger partial charge >= 0.3 is 0 Å². The first-order valence-corrected chi connectivity index (χ1v) is 11.0. The molecule has 0 saturated heterocycles. The van der Waals surface area contributed by atoms with Crippen LogP contribution in [0.15, 0.2) is 58.3 Å². The average Bonchev–Trinajstić information content (AvgIpc) is 3.38. The minimum absolute atomic E-state index is 0.0231. The highest BCUT2D eigenvalue weighted by molar-refractivity contribution is 7.90. The quantitative estimate of drug-likeness (QED) is 0.749.